The van der Waals surface area contributed by atoms with Crippen LogP contribution in [0.15, 0.2) is 48.2 Å². The van der Waals surface area contributed by atoms with Gasteiger partial charge in [-0.1, -0.05) is 18.2 Å². The zero-order valence-corrected chi connectivity index (χ0v) is 11.4. The standard InChI is InChI=1S/C16H14N4O/c17-11-20-6-5-12(10-20)7-16(21)19-14-8-13-3-1-2-4-15(13)18-9-14/h1-4,7-9H,5-6,10H2,(H,19,21). The summed E-state index contributed by atoms with van der Waals surface area (Å²) in [6, 6.07) is 9.65. The molecule has 2 heterocycles. The van der Waals surface area contributed by atoms with Gasteiger partial charge in [-0.05, 0) is 24.1 Å². The molecule has 5 heteroatoms. The highest BCUT2D eigenvalue weighted by atomic mass is 16.1. The van der Waals surface area contributed by atoms with Gasteiger partial charge in [-0.3, -0.25) is 9.78 Å². The van der Waals surface area contributed by atoms with Crippen molar-refractivity contribution in [1.82, 2.24) is 9.88 Å². The van der Waals surface area contributed by atoms with Crippen LogP contribution in [0.5, 0.6) is 0 Å². The SMILES string of the molecule is N#CN1CCC(=CC(=O)Nc2cnc3ccccc3c2)C1. The summed E-state index contributed by atoms with van der Waals surface area (Å²) in [5.41, 5.74) is 2.54. The van der Waals surface area contributed by atoms with Crippen LogP contribution < -0.4 is 5.32 Å². The molecule has 0 spiro atoms. The van der Waals surface area contributed by atoms with E-state index in [1.54, 1.807) is 17.2 Å². The van der Waals surface area contributed by atoms with Crippen LogP contribution in [-0.2, 0) is 4.79 Å². The molecule has 104 valence electrons. The van der Waals surface area contributed by atoms with Crippen LogP contribution in [0, 0.1) is 11.5 Å². The van der Waals surface area contributed by atoms with Crippen molar-refractivity contribution in [1.29, 1.82) is 5.26 Å². The number of para-hydroxylation sites is 1. The van der Waals surface area contributed by atoms with Crippen molar-refractivity contribution < 1.29 is 4.79 Å². The molecule has 1 aromatic heterocycles. The van der Waals surface area contributed by atoms with E-state index < -0.39 is 0 Å². The lowest BCUT2D eigenvalue weighted by Crippen LogP contribution is -2.12. The highest BCUT2D eigenvalue weighted by Gasteiger charge is 2.15. The number of anilines is 1. The number of nitrogens with zero attached hydrogens (tertiary/aromatic N) is 3. The first kappa shape index (κ1) is 13.1. The molecule has 0 bridgehead atoms. The molecule has 1 amide bonds. The number of fused-ring (bicyclic) bond motifs is 1. The molecule has 0 aliphatic carbocycles. The average molecular weight is 278 g/mol. The van der Waals surface area contributed by atoms with E-state index in [9.17, 15) is 4.79 Å². The lowest BCUT2D eigenvalue weighted by molar-refractivity contribution is -0.112. The highest BCUT2D eigenvalue weighted by molar-refractivity contribution is 6.00. The number of hydrogen-bond donors (Lipinski definition) is 1. The van der Waals surface area contributed by atoms with Crippen LogP contribution in [0.1, 0.15) is 6.42 Å². The Morgan fingerprint density at radius 2 is 2.29 bits per heavy atom. The van der Waals surface area contributed by atoms with E-state index in [0.717, 1.165) is 22.9 Å². The summed E-state index contributed by atoms with van der Waals surface area (Å²) in [7, 11) is 0. The Kier molecular flexibility index (Phi) is 3.52. The van der Waals surface area contributed by atoms with E-state index >= 15 is 0 Å². The first-order valence-corrected chi connectivity index (χ1v) is 6.74. The summed E-state index contributed by atoms with van der Waals surface area (Å²) < 4.78 is 0. The van der Waals surface area contributed by atoms with Crippen molar-refractivity contribution in [3.05, 3.63) is 48.2 Å². The number of aromatic nitrogens is 1. The fourth-order valence-corrected chi connectivity index (χ4v) is 2.39. The van der Waals surface area contributed by atoms with Gasteiger partial charge in [-0.2, -0.15) is 5.26 Å². The highest BCUT2D eigenvalue weighted by Crippen LogP contribution is 2.17. The molecule has 1 aliphatic rings. The fourth-order valence-electron chi connectivity index (χ4n) is 2.39. The van der Waals surface area contributed by atoms with Gasteiger partial charge in [0.25, 0.3) is 0 Å². The minimum absolute atomic E-state index is 0.179. The quantitative estimate of drug-likeness (QED) is 0.676. The Hall–Kier alpha value is -2.87. The van der Waals surface area contributed by atoms with Gasteiger partial charge in [0.05, 0.1) is 17.4 Å². The Morgan fingerprint density at radius 1 is 1.43 bits per heavy atom. The monoisotopic (exact) mass is 278 g/mol. The van der Waals surface area contributed by atoms with Crippen molar-refractivity contribution in [2.24, 2.45) is 0 Å². The predicted octanol–water partition coefficient (Wildman–Crippen LogP) is 2.29. The zero-order valence-electron chi connectivity index (χ0n) is 11.4. The molecule has 0 atom stereocenters. The number of pyridine rings is 1. The molecular weight excluding hydrogens is 264 g/mol. The van der Waals surface area contributed by atoms with Gasteiger partial charge in [0, 0.05) is 24.6 Å². The largest absolute Gasteiger partial charge is 0.321 e. The number of carbonyl (C=O) groups excluding carboxylic acids is 1. The maximum absolute atomic E-state index is 12.0. The summed E-state index contributed by atoms with van der Waals surface area (Å²) in [6.07, 6.45) is 6.07. The number of amides is 1. The van der Waals surface area contributed by atoms with E-state index in [4.69, 9.17) is 5.26 Å². The van der Waals surface area contributed by atoms with Crippen LogP contribution in [-0.4, -0.2) is 28.9 Å². The smallest absolute Gasteiger partial charge is 0.248 e. The van der Waals surface area contributed by atoms with Crippen LogP contribution in [0.3, 0.4) is 0 Å². The van der Waals surface area contributed by atoms with Crippen molar-refractivity contribution in [2.75, 3.05) is 18.4 Å². The van der Waals surface area contributed by atoms with Gasteiger partial charge in [0.15, 0.2) is 6.19 Å². The van der Waals surface area contributed by atoms with E-state index in [1.807, 2.05) is 30.3 Å². The molecule has 2 aromatic rings. The number of nitriles is 1. The summed E-state index contributed by atoms with van der Waals surface area (Å²) >= 11 is 0. The molecular formula is C16H14N4O. The first-order valence-electron chi connectivity index (χ1n) is 6.74. The summed E-state index contributed by atoms with van der Waals surface area (Å²) in [4.78, 5) is 17.9. The first-order chi connectivity index (χ1) is 10.2. The Balaban J connectivity index is 1.72. The third kappa shape index (κ3) is 3.00. The molecule has 1 saturated heterocycles. The summed E-state index contributed by atoms with van der Waals surface area (Å²) in [5.74, 6) is -0.179. The van der Waals surface area contributed by atoms with Crippen molar-refractivity contribution >= 4 is 22.5 Å². The minimum atomic E-state index is -0.179. The number of rotatable bonds is 2. The molecule has 0 saturated carbocycles. The fraction of sp³-hybridized carbons (Fsp3) is 0.188. The average Bonchev–Trinajstić information content (AvgIpc) is 2.94. The van der Waals surface area contributed by atoms with Crippen LogP contribution >= 0.6 is 0 Å². The van der Waals surface area contributed by atoms with E-state index in [1.165, 1.54) is 0 Å². The van der Waals surface area contributed by atoms with Gasteiger partial charge in [-0.15, -0.1) is 0 Å². The summed E-state index contributed by atoms with van der Waals surface area (Å²) in [5, 5.41) is 12.6. The van der Waals surface area contributed by atoms with Gasteiger partial charge in [-0.25, -0.2) is 0 Å². The Morgan fingerprint density at radius 3 is 3.10 bits per heavy atom. The number of carbonyl (C=O) groups is 1. The van der Waals surface area contributed by atoms with Crippen LogP contribution in [0.4, 0.5) is 5.69 Å². The van der Waals surface area contributed by atoms with E-state index in [-0.39, 0.29) is 5.91 Å². The molecule has 5 nitrogen and oxygen atoms in total. The minimum Gasteiger partial charge on any atom is -0.321 e. The van der Waals surface area contributed by atoms with Gasteiger partial charge >= 0.3 is 0 Å². The number of likely N-dealkylation sites (tertiary alicyclic amines) is 1. The Labute approximate surface area is 122 Å². The molecule has 0 radical (unpaired) electrons. The lowest BCUT2D eigenvalue weighted by atomic mass is 10.2. The number of hydrogen-bond acceptors (Lipinski definition) is 4. The number of benzene rings is 1. The molecule has 1 aromatic carbocycles. The second-order valence-electron chi connectivity index (χ2n) is 4.98. The molecule has 1 aliphatic heterocycles. The van der Waals surface area contributed by atoms with Crippen molar-refractivity contribution in [3.8, 4) is 6.19 Å². The third-order valence-electron chi connectivity index (χ3n) is 3.43. The second-order valence-corrected chi connectivity index (χ2v) is 4.98. The van der Waals surface area contributed by atoms with Crippen molar-refractivity contribution in [2.45, 2.75) is 6.42 Å². The second kappa shape index (κ2) is 5.63. The molecule has 3 rings (SSSR count). The molecule has 1 fully saturated rings. The van der Waals surface area contributed by atoms with Gasteiger partial charge < -0.3 is 10.2 Å². The third-order valence-corrected chi connectivity index (χ3v) is 3.43. The Bertz CT molecular complexity index is 760. The molecule has 0 unspecified atom stereocenters. The lowest BCUT2D eigenvalue weighted by Gasteiger charge is -2.05. The maximum atomic E-state index is 12.0. The van der Waals surface area contributed by atoms with Gasteiger partial charge in [0.2, 0.25) is 5.91 Å². The molecule has 1 N–H and O–H groups in total. The normalized spacial score (nSPS) is 16.1. The van der Waals surface area contributed by atoms with Crippen LogP contribution in [0.25, 0.3) is 10.9 Å². The topological polar surface area (TPSA) is 69.0 Å². The van der Waals surface area contributed by atoms with Crippen LogP contribution in [0.2, 0.25) is 0 Å². The summed E-state index contributed by atoms with van der Waals surface area (Å²) in [6.45, 7) is 1.23. The maximum Gasteiger partial charge on any atom is 0.248 e. The van der Waals surface area contributed by atoms with Gasteiger partial charge in [0.1, 0.15) is 0 Å². The number of nitrogens with one attached hydrogen (secondary N) is 1. The van der Waals surface area contributed by atoms with Crippen molar-refractivity contribution in [3.63, 3.8) is 0 Å². The molecule has 21 heavy (non-hydrogen) atoms. The van der Waals surface area contributed by atoms with E-state index in [0.29, 0.717) is 18.8 Å². The van der Waals surface area contributed by atoms with E-state index in [2.05, 4.69) is 16.5 Å². The zero-order chi connectivity index (χ0) is 14.7. The predicted molar refractivity (Wildman–Crippen MR) is 80.3 cm³/mol.